The summed E-state index contributed by atoms with van der Waals surface area (Å²) in [5, 5.41) is 8.87. The number of benzene rings is 1. The van der Waals surface area contributed by atoms with Gasteiger partial charge in [-0.1, -0.05) is 26.0 Å². The van der Waals surface area contributed by atoms with Crippen molar-refractivity contribution in [1.29, 1.82) is 5.26 Å². The van der Waals surface area contributed by atoms with E-state index in [-0.39, 0.29) is 16.4 Å². The number of sulfone groups is 1. The van der Waals surface area contributed by atoms with Crippen LogP contribution in [0.5, 0.6) is 0 Å². The number of hydrogen-bond acceptors (Lipinski definition) is 3. The summed E-state index contributed by atoms with van der Waals surface area (Å²) in [4.78, 5) is 0.169. The summed E-state index contributed by atoms with van der Waals surface area (Å²) in [5.41, 5.74) is 0.931. The highest BCUT2D eigenvalue weighted by Crippen LogP contribution is 2.26. The molecular weight excluding hydrogens is 210 g/mol. The smallest absolute Gasteiger partial charge is 0.177 e. The Morgan fingerprint density at radius 3 is 2.33 bits per heavy atom. The largest absolute Gasteiger partial charge is 0.224 e. The first-order chi connectivity index (χ1) is 6.88. The normalized spacial score (nSPS) is 11.4. The molecule has 0 N–H and O–H groups in total. The second kappa shape index (κ2) is 4.03. The summed E-state index contributed by atoms with van der Waals surface area (Å²) in [6, 6.07) is 6.91. The van der Waals surface area contributed by atoms with Crippen molar-refractivity contribution < 1.29 is 8.42 Å². The summed E-state index contributed by atoms with van der Waals surface area (Å²) in [7, 11) is -3.34. The molecule has 0 aromatic heterocycles. The maximum Gasteiger partial charge on any atom is 0.177 e. The van der Waals surface area contributed by atoms with E-state index in [1.165, 1.54) is 6.07 Å². The molecular formula is C11H13NO2S. The molecule has 1 aromatic carbocycles. The maximum atomic E-state index is 11.6. The van der Waals surface area contributed by atoms with E-state index in [0.29, 0.717) is 5.56 Å². The van der Waals surface area contributed by atoms with Gasteiger partial charge < -0.3 is 0 Å². The molecule has 0 amide bonds. The van der Waals surface area contributed by atoms with Crippen LogP contribution in [0.4, 0.5) is 0 Å². The first-order valence-electron chi connectivity index (χ1n) is 4.61. The molecule has 1 aromatic rings. The SMILES string of the molecule is CC(C)c1cccc(C#N)c1S(C)(=O)=O. The molecule has 4 heteroatoms. The summed E-state index contributed by atoms with van der Waals surface area (Å²) >= 11 is 0. The van der Waals surface area contributed by atoms with E-state index in [2.05, 4.69) is 0 Å². The zero-order chi connectivity index (χ0) is 11.6. The third-order valence-electron chi connectivity index (χ3n) is 2.16. The molecule has 0 bridgehead atoms. The molecule has 0 heterocycles. The van der Waals surface area contributed by atoms with Crippen LogP contribution >= 0.6 is 0 Å². The van der Waals surface area contributed by atoms with Gasteiger partial charge in [-0.2, -0.15) is 5.26 Å². The minimum Gasteiger partial charge on any atom is -0.224 e. The molecule has 15 heavy (non-hydrogen) atoms. The van der Waals surface area contributed by atoms with E-state index in [0.717, 1.165) is 6.26 Å². The lowest BCUT2D eigenvalue weighted by Gasteiger charge is -2.12. The highest BCUT2D eigenvalue weighted by atomic mass is 32.2. The molecule has 0 spiro atoms. The Kier molecular flexibility index (Phi) is 3.15. The molecule has 80 valence electrons. The highest BCUT2D eigenvalue weighted by molar-refractivity contribution is 7.90. The third kappa shape index (κ3) is 2.37. The van der Waals surface area contributed by atoms with Gasteiger partial charge in [0.2, 0.25) is 0 Å². The molecule has 0 unspecified atom stereocenters. The Morgan fingerprint density at radius 1 is 1.33 bits per heavy atom. The molecule has 0 radical (unpaired) electrons. The molecule has 0 saturated carbocycles. The summed E-state index contributed by atoms with van der Waals surface area (Å²) in [6.07, 6.45) is 1.13. The van der Waals surface area contributed by atoms with E-state index in [1.807, 2.05) is 19.9 Å². The molecule has 1 rings (SSSR count). The predicted molar refractivity (Wildman–Crippen MR) is 58.4 cm³/mol. The van der Waals surface area contributed by atoms with Crippen LogP contribution in [0.25, 0.3) is 0 Å². The molecule has 0 fully saturated rings. The molecule has 3 nitrogen and oxygen atoms in total. The molecule has 0 aliphatic rings. The van der Waals surface area contributed by atoms with E-state index in [9.17, 15) is 8.42 Å². The first kappa shape index (κ1) is 11.7. The van der Waals surface area contributed by atoms with E-state index in [1.54, 1.807) is 12.1 Å². The summed E-state index contributed by atoms with van der Waals surface area (Å²) in [5.74, 6) is 0.0861. The predicted octanol–water partition coefficient (Wildman–Crippen LogP) is 2.09. The maximum absolute atomic E-state index is 11.6. The second-order valence-electron chi connectivity index (χ2n) is 3.76. The van der Waals surface area contributed by atoms with Gasteiger partial charge in [0.15, 0.2) is 9.84 Å². The number of nitriles is 1. The van der Waals surface area contributed by atoms with Gasteiger partial charge in [-0.25, -0.2) is 8.42 Å². The zero-order valence-electron chi connectivity index (χ0n) is 8.98. The first-order valence-corrected chi connectivity index (χ1v) is 6.50. The Morgan fingerprint density at radius 2 is 1.93 bits per heavy atom. The van der Waals surface area contributed by atoms with Crippen molar-refractivity contribution in [3.8, 4) is 6.07 Å². The lowest BCUT2D eigenvalue weighted by atomic mass is 10.0. The second-order valence-corrected chi connectivity index (χ2v) is 5.72. The van der Waals surface area contributed by atoms with Crippen LogP contribution in [0.15, 0.2) is 23.1 Å². The summed E-state index contributed by atoms with van der Waals surface area (Å²) < 4.78 is 23.2. The standard InChI is InChI=1S/C11H13NO2S/c1-8(2)10-6-4-5-9(7-12)11(10)15(3,13)14/h4-6,8H,1-3H3. The Bertz CT molecular complexity index is 510. The van der Waals surface area contributed by atoms with E-state index in [4.69, 9.17) is 5.26 Å². The van der Waals surface area contributed by atoms with Gasteiger partial charge in [0.05, 0.1) is 10.5 Å². The van der Waals surface area contributed by atoms with Gasteiger partial charge in [-0.3, -0.25) is 0 Å². The van der Waals surface area contributed by atoms with Crippen LogP contribution in [0.3, 0.4) is 0 Å². The Balaban J connectivity index is 3.65. The van der Waals surface area contributed by atoms with Gasteiger partial charge in [-0.15, -0.1) is 0 Å². The average molecular weight is 223 g/mol. The lowest BCUT2D eigenvalue weighted by molar-refractivity contribution is 0.599. The van der Waals surface area contributed by atoms with Crippen LogP contribution in [-0.2, 0) is 9.84 Å². The van der Waals surface area contributed by atoms with Crippen molar-refractivity contribution in [3.05, 3.63) is 29.3 Å². The van der Waals surface area contributed by atoms with Gasteiger partial charge in [-0.05, 0) is 17.5 Å². The average Bonchev–Trinajstić information content (AvgIpc) is 2.15. The van der Waals surface area contributed by atoms with E-state index < -0.39 is 9.84 Å². The molecule has 0 aliphatic carbocycles. The van der Waals surface area contributed by atoms with Crippen molar-refractivity contribution in [2.45, 2.75) is 24.7 Å². The number of nitrogens with zero attached hydrogens (tertiary/aromatic N) is 1. The highest BCUT2D eigenvalue weighted by Gasteiger charge is 2.19. The van der Waals surface area contributed by atoms with E-state index >= 15 is 0 Å². The van der Waals surface area contributed by atoms with Crippen molar-refractivity contribution >= 4 is 9.84 Å². The van der Waals surface area contributed by atoms with Crippen LogP contribution < -0.4 is 0 Å². The fourth-order valence-corrected chi connectivity index (χ4v) is 2.76. The molecule has 0 atom stereocenters. The number of rotatable bonds is 2. The van der Waals surface area contributed by atoms with Gasteiger partial charge in [0.25, 0.3) is 0 Å². The van der Waals surface area contributed by atoms with Gasteiger partial charge in [0.1, 0.15) is 6.07 Å². The fourth-order valence-electron chi connectivity index (χ4n) is 1.51. The number of hydrogen-bond donors (Lipinski definition) is 0. The third-order valence-corrected chi connectivity index (χ3v) is 3.36. The van der Waals surface area contributed by atoms with Crippen molar-refractivity contribution in [1.82, 2.24) is 0 Å². The molecule has 0 aliphatic heterocycles. The van der Waals surface area contributed by atoms with Crippen LogP contribution in [-0.4, -0.2) is 14.7 Å². The van der Waals surface area contributed by atoms with Crippen LogP contribution in [0.1, 0.15) is 30.9 Å². The quantitative estimate of drug-likeness (QED) is 0.771. The van der Waals surface area contributed by atoms with Crippen LogP contribution in [0.2, 0.25) is 0 Å². The Hall–Kier alpha value is -1.34. The monoisotopic (exact) mass is 223 g/mol. The fraction of sp³-hybridized carbons (Fsp3) is 0.364. The minimum atomic E-state index is -3.34. The topological polar surface area (TPSA) is 57.9 Å². The minimum absolute atomic E-state index is 0.0861. The summed E-state index contributed by atoms with van der Waals surface area (Å²) in [6.45, 7) is 3.82. The van der Waals surface area contributed by atoms with Gasteiger partial charge in [0, 0.05) is 6.26 Å². The van der Waals surface area contributed by atoms with Crippen molar-refractivity contribution in [2.75, 3.05) is 6.26 Å². The van der Waals surface area contributed by atoms with Crippen molar-refractivity contribution in [2.24, 2.45) is 0 Å². The Labute approximate surface area is 90.3 Å². The van der Waals surface area contributed by atoms with Gasteiger partial charge >= 0.3 is 0 Å². The lowest BCUT2D eigenvalue weighted by Crippen LogP contribution is -2.06. The van der Waals surface area contributed by atoms with Crippen molar-refractivity contribution in [3.63, 3.8) is 0 Å². The zero-order valence-corrected chi connectivity index (χ0v) is 9.80. The van der Waals surface area contributed by atoms with Crippen LogP contribution in [0, 0.1) is 11.3 Å². The molecule has 0 saturated heterocycles.